The molecule has 0 spiro atoms. The summed E-state index contributed by atoms with van der Waals surface area (Å²) in [5.74, 6) is -3.18. The van der Waals surface area contributed by atoms with Crippen LogP contribution < -0.4 is 15.0 Å². The molecule has 2 N–H and O–H groups in total. The zero-order valence-corrected chi connectivity index (χ0v) is 22.6. The van der Waals surface area contributed by atoms with Crippen molar-refractivity contribution in [2.24, 2.45) is 10.2 Å². The van der Waals surface area contributed by atoms with Crippen molar-refractivity contribution in [3.05, 3.63) is 35.7 Å². The second kappa shape index (κ2) is 13.9. The molecule has 1 aromatic carbocycles. The van der Waals surface area contributed by atoms with E-state index >= 15 is 0 Å². The summed E-state index contributed by atoms with van der Waals surface area (Å²) in [7, 11) is 1.34. The van der Waals surface area contributed by atoms with Gasteiger partial charge in [-0.25, -0.2) is 4.79 Å². The average molecular weight is 577 g/mol. The van der Waals surface area contributed by atoms with Gasteiger partial charge in [-0.1, -0.05) is 6.58 Å². The molecule has 16 heteroatoms. The first-order valence-electron chi connectivity index (χ1n) is 12.0. The van der Waals surface area contributed by atoms with Crippen molar-refractivity contribution in [1.29, 1.82) is 10.5 Å². The summed E-state index contributed by atoms with van der Waals surface area (Å²) in [5.41, 5.74) is -0.821. The molecule has 13 nitrogen and oxygen atoms in total. The lowest BCUT2D eigenvalue weighted by molar-refractivity contribution is -0.167. The smallest absolute Gasteiger partial charge is 0.471 e. The molecule has 0 aliphatic heterocycles. The maximum absolute atomic E-state index is 13.1. The van der Waals surface area contributed by atoms with Crippen LogP contribution in [-0.2, 0) is 20.9 Å². The first kappa shape index (κ1) is 32.3. The quantitative estimate of drug-likeness (QED) is 0.215. The molecule has 0 aliphatic rings. The molecule has 0 saturated carbocycles. The van der Waals surface area contributed by atoms with E-state index in [-0.39, 0.29) is 40.0 Å². The Morgan fingerprint density at radius 1 is 1.24 bits per heavy atom. The van der Waals surface area contributed by atoms with Gasteiger partial charge < -0.3 is 24.8 Å². The number of nitriles is 2. The highest BCUT2D eigenvalue weighted by Crippen LogP contribution is 2.40. The minimum absolute atomic E-state index is 0.0923. The third-order valence-corrected chi connectivity index (χ3v) is 5.46. The van der Waals surface area contributed by atoms with Gasteiger partial charge in [0.05, 0.1) is 25.0 Å². The number of aliphatic hydroxyl groups is 1. The summed E-state index contributed by atoms with van der Waals surface area (Å²) in [6, 6.07) is 5.97. The zero-order valence-electron chi connectivity index (χ0n) is 22.6. The number of carbonyl (C=O) groups excluding carboxylic acids is 2. The number of halogens is 3. The number of carbonyl (C=O) groups is 2. The van der Waals surface area contributed by atoms with E-state index in [1.807, 2.05) is 13.8 Å². The Morgan fingerprint density at radius 2 is 1.90 bits per heavy atom. The van der Waals surface area contributed by atoms with Gasteiger partial charge in [-0.15, -0.1) is 10.2 Å². The fraction of sp³-hybridized carbons (Fsp3) is 0.400. The van der Waals surface area contributed by atoms with Crippen LogP contribution in [0, 0.1) is 22.7 Å². The molecule has 0 aliphatic carbocycles. The molecular weight excluding hydrogens is 549 g/mol. The molecule has 1 atom stereocenters. The number of nitrogens with zero attached hydrogens (tertiary/aromatic N) is 7. The fourth-order valence-electron chi connectivity index (χ4n) is 3.45. The number of benzene rings is 1. The molecule has 0 radical (unpaired) electrons. The average Bonchev–Trinajstić information content (AvgIpc) is 3.26. The number of esters is 1. The molecule has 1 heterocycles. The highest BCUT2D eigenvalue weighted by atomic mass is 19.4. The lowest BCUT2D eigenvalue weighted by atomic mass is 10.2. The number of aromatic nitrogens is 2. The van der Waals surface area contributed by atoms with Crippen LogP contribution >= 0.6 is 0 Å². The van der Waals surface area contributed by atoms with Gasteiger partial charge in [0.1, 0.15) is 36.3 Å². The summed E-state index contributed by atoms with van der Waals surface area (Å²) in [6.45, 7) is 8.49. The van der Waals surface area contributed by atoms with Crippen LogP contribution in [0.3, 0.4) is 0 Å². The minimum Gasteiger partial charge on any atom is -0.494 e. The van der Waals surface area contributed by atoms with Crippen LogP contribution in [0.15, 0.2) is 34.5 Å². The predicted molar refractivity (Wildman–Crippen MR) is 139 cm³/mol. The van der Waals surface area contributed by atoms with E-state index in [4.69, 9.17) is 9.47 Å². The van der Waals surface area contributed by atoms with E-state index in [0.717, 1.165) is 4.57 Å². The number of alkyl halides is 3. The summed E-state index contributed by atoms with van der Waals surface area (Å²) in [4.78, 5) is 29.1. The Kier molecular flexibility index (Phi) is 10.9. The SMILES string of the molecule is C=C(C)C(=O)OCC(O)Cn1c(N=Nc2cc(OC)c(N(CC)CC)cc2NC(=O)C(F)(F)F)nc(C#N)c1C#N. The van der Waals surface area contributed by atoms with Crippen LogP contribution in [0.25, 0.3) is 0 Å². The first-order valence-corrected chi connectivity index (χ1v) is 12.0. The van der Waals surface area contributed by atoms with Crippen molar-refractivity contribution in [3.8, 4) is 17.9 Å². The number of aliphatic hydroxyl groups excluding tert-OH is 1. The van der Waals surface area contributed by atoms with E-state index < -0.39 is 37.3 Å². The van der Waals surface area contributed by atoms with Crippen LogP contribution in [0.2, 0.25) is 0 Å². The van der Waals surface area contributed by atoms with Gasteiger partial charge in [-0.2, -0.15) is 28.7 Å². The van der Waals surface area contributed by atoms with Gasteiger partial charge in [0.25, 0.3) is 5.95 Å². The Balaban J connectivity index is 2.60. The molecule has 1 unspecified atom stereocenters. The van der Waals surface area contributed by atoms with Crippen molar-refractivity contribution < 1.29 is 37.3 Å². The van der Waals surface area contributed by atoms with Gasteiger partial charge in [-0.3, -0.25) is 9.36 Å². The second-order valence-corrected chi connectivity index (χ2v) is 8.34. The number of rotatable bonds is 12. The van der Waals surface area contributed by atoms with Crippen molar-refractivity contribution >= 4 is 34.9 Å². The maximum atomic E-state index is 13.1. The van der Waals surface area contributed by atoms with E-state index in [0.29, 0.717) is 18.8 Å². The molecule has 41 heavy (non-hydrogen) atoms. The van der Waals surface area contributed by atoms with E-state index in [1.54, 1.807) is 22.4 Å². The van der Waals surface area contributed by atoms with Crippen molar-refractivity contribution in [3.63, 3.8) is 0 Å². The minimum atomic E-state index is -5.20. The molecule has 0 saturated heterocycles. The molecule has 2 aromatic rings. The number of nitrogens with one attached hydrogen (secondary N) is 1. The number of hydrogen-bond donors (Lipinski definition) is 2. The number of imidazole rings is 1. The van der Waals surface area contributed by atoms with Crippen LogP contribution in [-0.4, -0.2) is 65.6 Å². The zero-order chi connectivity index (χ0) is 30.9. The number of amides is 1. The molecule has 1 amide bonds. The Morgan fingerprint density at radius 3 is 2.41 bits per heavy atom. The van der Waals surface area contributed by atoms with Crippen molar-refractivity contribution in [2.75, 3.05) is 37.0 Å². The van der Waals surface area contributed by atoms with Gasteiger partial charge in [0.15, 0.2) is 11.4 Å². The standard InChI is InChI=1S/C25H27F3N8O5/c1-6-35(7-2)19-8-16(31-23(39)25(26,27)28)17(9-21(19)40-5)33-34-24-32-18(10-29)20(11-30)36(24)12-15(37)13-41-22(38)14(3)4/h8-9,15,37H,3,6-7,12-13H2,1-2,4-5H3,(H,31,39). The molecule has 218 valence electrons. The number of anilines is 2. The van der Waals surface area contributed by atoms with Crippen molar-refractivity contribution in [1.82, 2.24) is 9.55 Å². The molecule has 1 aromatic heterocycles. The van der Waals surface area contributed by atoms with Gasteiger partial charge in [-0.05, 0) is 26.8 Å². The van der Waals surface area contributed by atoms with Crippen molar-refractivity contribution in [2.45, 2.75) is 39.6 Å². The maximum Gasteiger partial charge on any atom is 0.471 e. The Hall–Kier alpha value is -4.96. The number of hydrogen-bond acceptors (Lipinski definition) is 11. The second-order valence-electron chi connectivity index (χ2n) is 8.34. The van der Waals surface area contributed by atoms with Gasteiger partial charge in [0.2, 0.25) is 0 Å². The summed E-state index contributed by atoms with van der Waals surface area (Å²) >= 11 is 0. The monoisotopic (exact) mass is 576 g/mol. The third-order valence-electron chi connectivity index (χ3n) is 5.46. The lowest BCUT2D eigenvalue weighted by Gasteiger charge is -2.24. The molecule has 0 fully saturated rings. The Bertz CT molecular complexity index is 1420. The molecule has 2 rings (SSSR count). The highest BCUT2D eigenvalue weighted by Gasteiger charge is 2.39. The first-order chi connectivity index (χ1) is 19.3. The predicted octanol–water partition coefficient (Wildman–Crippen LogP) is 3.88. The summed E-state index contributed by atoms with van der Waals surface area (Å²) in [6.07, 6.45) is -6.58. The molecular formula is C25H27F3N8O5. The van der Waals surface area contributed by atoms with Crippen LogP contribution in [0.5, 0.6) is 5.75 Å². The van der Waals surface area contributed by atoms with E-state index in [9.17, 15) is 38.4 Å². The normalized spacial score (nSPS) is 11.9. The number of azo groups is 1. The fourth-order valence-corrected chi connectivity index (χ4v) is 3.45. The third kappa shape index (κ3) is 8.02. The number of methoxy groups -OCH3 is 1. The topological polar surface area (TPSA) is 178 Å². The van der Waals surface area contributed by atoms with Crippen LogP contribution in [0.1, 0.15) is 32.2 Å². The summed E-state index contributed by atoms with van der Waals surface area (Å²) < 4.78 is 50.5. The van der Waals surface area contributed by atoms with Crippen LogP contribution in [0.4, 0.5) is 36.2 Å². The molecule has 0 bridgehead atoms. The van der Waals surface area contributed by atoms with E-state index in [2.05, 4.69) is 21.8 Å². The Labute approximate surface area is 233 Å². The van der Waals surface area contributed by atoms with Gasteiger partial charge in [0, 0.05) is 24.7 Å². The number of ether oxygens (including phenoxy) is 2. The lowest BCUT2D eigenvalue weighted by Crippen LogP contribution is -2.30. The van der Waals surface area contributed by atoms with Gasteiger partial charge >= 0.3 is 18.1 Å². The highest BCUT2D eigenvalue weighted by molar-refractivity contribution is 5.98. The largest absolute Gasteiger partial charge is 0.494 e. The summed E-state index contributed by atoms with van der Waals surface area (Å²) in [5, 5.41) is 38.9. The van der Waals surface area contributed by atoms with E-state index in [1.165, 1.54) is 26.2 Å².